The third kappa shape index (κ3) is 3.12. The highest BCUT2D eigenvalue weighted by atomic mass is 15.1. The molecule has 4 aromatic heterocycles. The van der Waals surface area contributed by atoms with Crippen molar-refractivity contribution in [1.82, 2.24) is 30.1 Å². The summed E-state index contributed by atoms with van der Waals surface area (Å²) in [5.41, 5.74) is 7.73. The van der Waals surface area contributed by atoms with Crippen LogP contribution in [0.1, 0.15) is 13.3 Å². The van der Waals surface area contributed by atoms with E-state index in [2.05, 4.69) is 44.0 Å². The van der Waals surface area contributed by atoms with Gasteiger partial charge in [0.1, 0.15) is 5.52 Å². The zero-order valence-electron chi connectivity index (χ0n) is 15.9. The summed E-state index contributed by atoms with van der Waals surface area (Å²) >= 11 is 0. The summed E-state index contributed by atoms with van der Waals surface area (Å²) in [6.07, 6.45) is 4.43. The van der Waals surface area contributed by atoms with Crippen LogP contribution in [0.15, 0.2) is 67.1 Å². The van der Waals surface area contributed by atoms with Gasteiger partial charge in [-0.2, -0.15) is 5.10 Å². The average molecular weight is 381 g/mol. The SMILES string of the molecule is C=C(CC)Nc1cncc(-c2ccc3[nH]nc(-c4nc5ccccc5[nH]4)c3n2)c1. The maximum Gasteiger partial charge on any atom is 0.161 e. The second-order valence-corrected chi connectivity index (χ2v) is 6.81. The number of hydrogen-bond acceptors (Lipinski definition) is 5. The first-order valence-electron chi connectivity index (χ1n) is 9.41. The van der Waals surface area contributed by atoms with Gasteiger partial charge >= 0.3 is 0 Å². The molecule has 0 radical (unpaired) electrons. The number of aromatic nitrogens is 6. The first kappa shape index (κ1) is 17.1. The number of fused-ring (bicyclic) bond motifs is 2. The number of hydrogen-bond donors (Lipinski definition) is 3. The summed E-state index contributed by atoms with van der Waals surface area (Å²) in [6, 6.07) is 13.9. The smallest absolute Gasteiger partial charge is 0.161 e. The van der Waals surface area contributed by atoms with Gasteiger partial charge < -0.3 is 10.3 Å². The van der Waals surface area contributed by atoms with E-state index in [0.29, 0.717) is 11.5 Å². The van der Waals surface area contributed by atoms with E-state index in [-0.39, 0.29) is 0 Å². The lowest BCUT2D eigenvalue weighted by Crippen LogP contribution is -1.97. The number of pyridine rings is 2. The molecule has 5 aromatic rings. The lowest BCUT2D eigenvalue weighted by atomic mass is 10.1. The monoisotopic (exact) mass is 381 g/mol. The summed E-state index contributed by atoms with van der Waals surface area (Å²) in [4.78, 5) is 17.2. The van der Waals surface area contributed by atoms with Gasteiger partial charge in [-0.25, -0.2) is 9.97 Å². The van der Waals surface area contributed by atoms with Crippen LogP contribution in [0.4, 0.5) is 5.69 Å². The van der Waals surface area contributed by atoms with Crippen LogP contribution in [0.3, 0.4) is 0 Å². The Bertz CT molecular complexity index is 1310. The molecule has 0 fully saturated rings. The zero-order chi connectivity index (χ0) is 19.8. The van der Waals surface area contributed by atoms with Gasteiger partial charge in [0.15, 0.2) is 11.5 Å². The Balaban J connectivity index is 1.58. The highest BCUT2D eigenvalue weighted by Gasteiger charge is 2.15. The Morgan fingerprint density at radius 2 is 1.97 bits per heavy atom. The minimum atomic E-state index is 0.690. The quantitative estimate of drug-likeness (QED) is 0.402. The van der Waals surface area contributed by atoms with Crippen molar-refractivity contribution in [2.75, 3.05) is 5.32 Å². The predicted molar refractivity (Wildman–Crippen MR) is 115 cm³/mol. The normalized spacial score (nSPS) is 11.2. The molecule has 0 spiro atoms. The Hall–Kier alpha value is -4.00. The number of nitrogens with one attached hydrogen (secondary N) is 3. The average Bonchev–Trinajstić information content (AvgIpc) is 3.37. The van der Waals surface area contributed by atoms with E-state index in [4.69, 9.17) is 4.98 Å². The number of imidazole rings is 1. The minimum absolute atomic E-state index is 0.690. The molecule has 0 aliphatic carbocycles. The number of allylic oxidation sites excluding steroid dienone is 1. The third-order valence-corrected chi connectivity index (χ3v) is 4.80. The standard InChI is InChI=1S/C22H19N7/c1-3-13(2)24-15-10-14(11-23-12-15)16-8-9-19-20(25-16)21(29-28-19)22-26-17-6-4-5-7-18(17)27-22/h4-12,24H,2-3H2,1H3,(H,26,27)(H,28,29). The van der Waals surface area contributed by atoms with Gasteiger partial charge in [0, 0.05) is 17.5 Å². The van der Waals surface area contributed by atoms with Crippen LogP contribution in [0.5, 0.6) is 0 Å². The van der Waals surface area contributed by atoms with Gasteiger partial charge in [0.2, 0.25) is 0 Å². The van der Waals surface area contributed by atoms with Gasteiger partial charge in [-0.1, -0.05) is 25.6 Å². The Kier molecular flexibility index (Phi) is 4.05. The maximum atomic E-state index is 4.85. The number of H-pyrrole nitrogens is 2. The van der Waals surface area contributed by atoms with E-state index in [9.17, 15) is 0 Å². The molecule has 0 aliphatic heterocycles. The first-order valence-corrected chi connectivity index (χ1v) is 9.41. The number of aromatic amines is 2. The number of anilines is 1. The molecule has 0 saturated carbocycles. The molecular weight excluding hydrogens is 362 g/mol. The van der Waals surface area contributed by atoms with Crippen LogP contribution in [0, 0.1) is 0 Å². The van der Waals surface area contributed by atoms with Crippen molar-refractivity contribution in [3.63, 3.8) is 0 Å². The summed E-state index contributed by atoms with van der Waals surface area (Å²) < 4.78 is 0. The molecule has 7 nitrogen and oxygen atoms in total. The second-order valence-electron chi connectivity index (χ2n) is 6.81. The van der Waals surface area contributed by atoms with Gasteiger partial charge in [0.05, 0.1) is 34.1 Å². The third-order valence-electron chi connectivity index (χ3n) is 4.80. The van der Waals surface area contributed by atoms with Gasteiger partial charge in [0.25, 0.3) is 0 Å². The van der Waals surface area contributed by atoms with Crippen molar-refractivity contribution >= 4 is 27.8 Å². The van der Waals surface area contributed by atoms with Crippen molar-refractivity contribution in [1.29, 1.82) is 0 Å². The summed E-state index contributed by atoms with van der Waals surface area (Å²) in [7, 11) is 0. The van der Waals surface area contributed by atoms with Crippen molar-refractivity contribution in [2.24, 2.45) is 0 Å². The molecule has 0 atom stereocenters. The number of nitrogens with zero attached hydrogens (tertiary/aromatic N) is 4. The molecule has 0 saturated heterocycles. The molecule has 0 bridgehead atoms. The molecule has 29 heavy (non-hydrogen) atoms. The van der Waals surface area contributed by atoms with Gasteiger partial charge in [-0.05, 0) is 36.8 Å². The van der Waals surface area contributed by atoms with Crippen LogP contribution < -0.4 is 5.32 Å². The van der Waals surface area contributed by atoms with Crippen LogP contribution in [-0.4, -0.2) is 30.1 Å². The molecule has 4 heterocycles. The Morgan fingerprint density at radius 1 is 1.07 bits per heavy atom. The van der Waals surface area contributed by atoms with E-state index in [0.717, 1.165) is 51.1 Å². The number of rotatable bonds is 5. The van der Waals surface area contributed by atoms with E-state index < -0.39 is 0 Å². The Labute approximate surface area is 166 Å². The fourth-order valence-electron chi connectivity index (χ4n) is 3.23. The van der Waals surface area contributed by atoms with Crippen molar-refractivity contribution < 1.29 is 0 Å². The minimum Gasteiger partial charge on any atom is -0.358 e. The van der Waals surface area contributed by atoms with Gasteiger partial charge in [-0.15, -0.1) is 0 Å². The number of para-hydroxylation sites is 2. The highest BCUT2D eigenvalue weighted by molar-refractivity contribution is 5.91. The van der Waals surface area contributed by atoms with E-state index >= 15 is 0 Å². The first-order chi connectivity index (χ1) is 14.2. The molecule has 0 unspecified atom stereocenters. The largest absolute Gasteiger partial charge is 0.358 e. The fourth-order valence-corrected chi connectivity index (χ4v) is 3.23. The van der Waals surface area contributed by atoms with Crippen molar-refractivity contribution in [3.8, 4) is 22.8 Å². The topological polar surface area (TPSA) is 95.2 Å². The molecule has 3 N–H and O–H groups in total. The van der Waals surface area contributed by atoms with Crippen LogP contribution in [-0.2, 0) is 0 Å². The molecule has 7 heteroatoms. The maximum absolute atomic E-state index is 4.85. The molecular formula is C22H19N7. The Morgan fingerprint density at radius 3 is 2.83 bits per heavy atom. The van der Waals surface area contributed by atoms with Crippen LogP contribution in [0.2, 0.25) is 0 Å². The lowest BCUT2D eigenvalue weighted by Gasteiger charge is -2.08. The van der Waals surface area contributed by atoms with Crippen LogP contribution >= 0.6 is 0 Å². The van der Waals surface area contributed by atoms with E-state index in [1.54, 1.807) is 12.4 Å². The molecule has 142 valence electrons. The van der Waals surface area contributed by atoms with Gasteiger partial charge in [-0.3, -0.25) is 10.1 Å². The molecule has 0 aliphatic rings. The van der Waals surface area contributed by atoms with E-state index in [1.165, 1.54) is 0 Å². The zero-order valence-corrected chi connectivity index (χ0v) is 15.9. The summed E-state index contributed by atoms with van der Waals surface area (Å²) in [5, 5.41) is 10.8. The summed E-state index contributed by atoms with van der Waals surface area (Å²) in [5.74, 6) is 0.690. The van der Waals surface area contributed by atoms with E-state index in [1.807, 2.05) is 42.5 Å². The predicted octanol–water partition coefficient (Wildman–Crippen LogP) is 4.90. The van der Waals surface area contributed by atoms with Crippen molar-refractivity contribution in [2.45, 2.75) is 13.3 Å². The molecule has 5 rings (SSSR count). The van der Waals surface area contributed by atoms with Crippen LogP contribution in [0.25, 0.3) is 44.8 Å². The summed E-state index contributed by atoms with van der Waals surface area (Å²) in [6.45, 7) is 6.05. The number of benzene rings is 1. The second kappa shape index (κ2) is 6.87. The van der Waals surface area contributed by atoms with Crippen molar-refractivity contribution in [3.05, 3.63) is 67.1 Å². The fraction of sp³-hybridized carbons (Fsp3) is 0.0909. The molecule has 1 aromatic carbocycles. The lowest BCUT2D eigenvalue weighted by molar-refractivity contribution is 1.10. The highest BCUT2D eigenvalue weighted by Crippen LogP contribution is 2.28. The molecule has 0 amide bonds.